The molecule has 1 fully saturated rings. The standard InChI is InChI=1S/C23H27Cl2FN2O/c1-14-9-18(26)5-6-19(14)20-13-27-8-7-21(20)28(4)22(29)23(2,3)15-10-16(24)12-17(25)11-15/h5-6,9-12,20-21,27H,7-8,13H2,1-4H3/t20-,21+/m1/s1. The van der Waals surface area contributed by atoms with Gasteiger partial charge in [0.15, 0.2) is 0 Å². The third kappa shape index (κ3) is 4.60. The summed E-state index contributed by atoms with van der Waals surface area (Å²) in [6.45, 7) is 7.30. The van der Waals surface area contributed by atoms with Crippen LogP contribution in [0.5, 0.6) is 0 Å². The van der Waals surface area contributed by atoms with Crippen LogP contribution in [0.1, 0.15) is 42.9 Å². The second-order valence-electron chi connectivity index (χ2n) is 8.37. The number of hydrogen-bond donors (Lipinski definition) is 1. The highest BCUT2D eigenvalue weighted by Crippen LogP contribution is 2.35. The number of hydrogen-bond acceptors (Lipinski definition) is 2. The monoisotopic (exact) mass is 436 g/mol. The Hall–Kier alpha value is -1.62. The molecule has 1 heterocycles. The Morgan fingerprint density at radius 3 is 2.45 bits per heavy atom. The maximum atomic E-state index is 13.6. The Morgan fingerprint density at radius 2 is 1.83 bits per heavy atom. The smallest absolute Gasteiger partial charge is 0.232 e. The van der Waals surface area contributed by atoms with Gasteiger partial charge in [0.05, 0.1) is 5.41 Å². The van der Waals surface area contributed by atoms with Crippen LogP contribution >= 0.6 is 23.2 Å². The summed E-state index contributed by atoms with van der Waals surface area (Å²) in [5.41, 5.74) is 1.99. The van der Waals surface area contributed by atoms with Crippen molar-refractivity contribution in [2.45, 2.75) is 44.6 Å². The van der Waals surface area contributed by atoms with Crippen LogP contribution in [-0.4, -0.2) is 37.0 Å². The number of carbonyl (C=O) groups is 1. The fourth-order valence-corrected chi connectivity index (χ4v) is 4.84. The van der Waals surface area contributed by atoms with E-state index in [0.717, 1.165) is 36.2 Å². The van der Waals surface area contributed by atoms with Crippen LogP contribution in [0, 0.1) is 12.7 Å². The van der Waals surface area contributed by atoms with Crippen LogP contribution in [0.15, 0.2) is 36.4 Å². The predicted octanol–water partition coefficient (Wildman–Crippen LogP) is 5.32. The SMILES string of the molecule is Cc1cc(F)ccc1[C@H]1CNCC[C@@H]1N(C)C(=O)C(C)(C)c1cc(Cl)cc(Cl)c1. The Morgan fingerprint density at radius 1 is 1.17 bits per heavy atom. The molecule has 29 heavy (non-hydrogen) atoms. The molecule has 1 aliphatic rings. The Kier molecular flexibility index (Phi) is 6.57. The van der Waals surface area contributed by atoms with Crippen molar-refractivity contribution in [2.75, 3.05) is 20.1 Å². The number of rotatable bonds is 4. The first-order valence-corrected chi connectivity index (χ1v) is 10.6. The first-order chi connectivity index (χ1) is 13.6. The van der Waals surface area contributed by atoms with Crippen molar-refractivity contribution < 1.29 is 9.18 Å². The van der Waals surface area contributed by atoms with Crippen molar-refractivity contribution in [3.8, 4) is 0 Å². The van der Waals surface area contributed by atoms with Gasteiger partial charge < -0.3 is 10.2 Å². The number of nitrogens with one attached hydrogen (secondary N) is 1. The molecule has 0 spiro atoms. The average Bonchev–Trinajstić information content (AvgIpc) is 2.66. The maximum Gasteiger partial charge on any atom is 0.232 e. The number of amides is 1. The lowest BCUT2D eigenvalue weighted by molar-refractivity contribution is -0.138. The molecule has 0 unspecified atom stereocenters. The normalized spacial score (nSPS) is 19.8. The first-order valence-electron chi connectivity index (χ1n) is 9.82. The molecule has 1 aliphatic heterocycles. The second-order valence-corrected chi connectivity index (χ2v) is 9.24. The fourth-order valence-electron chi connectivity index (χ4n) is 4.31. The van der Waals surface area contributed by atoms with Crippen molar-refractivity contribution in [1.29, 1.82) is 0 Å². The molecular weight excluding hydrogens is 410 g/mol. The minimum Gasteiger partial charge on any atom is -0.341 e. The summed E-state index contributed by atoms with van der Waals surface area (Å²) in [4.78, 5) is 15.4. The molecule has 2 atom stereocenters. The van der Waals surface area contributed by atoms with Crippen LogP contribution in [0.2, 0.25) is 10.0 Å². The molecule has 0 bridgehead atoms. The van der Waals surface area contributed by atoms with Gasteiger partial charge >= 0.3 is 0 Å². The predicted molar refractivity (Wildman–Crippen MR) is 117 cm³/mol. The summed E-state index contributed by atoms with van der Waals surface area (Å²) in [5.74, 6) is -0.139. The molecule has 1 N–H and O–H groups in total. The number of likely N-dealkylation sites (N-methyl/N-ethyl adjacent to an activating group) is 1. The van der Waals surface area contributed by atoms with Gasteiger partial charge in [0, 0.05) is 35.6 Å². The van der Waals surface area contributed by atoms with E-state index in [1.807, 2.05) is 38.8 Å². The van der Waals surface area contributed by atoms with E-state index in [2.05, 4.69) is 5.32 Å². The summed E-state index contributed by atoms with van der Waals surface area (Å²) in [6, 6.07) is 10.2. The van der Waals surface area contributed by atoms with Crippen LogP contribution in [0.4, 0.5) is 4.39 Å². The molecule has 6 heteroatoms. The van der Waals surface area contributed by atoms with Crippen molar-refractivity contribution in [3.05, 3.63) is 69.0 Å². The molecule has 3 nitrogen and oxygen atoms in total. The number of halogens is 3. The quantitative estimate of drug-likeness (QED) is 0.702. The van der Waals surface area contributed by atoms with Crippen LogP contribution in [0.25, 0.3) is 0 Å². The van der Waals surface area contributed by atoms with Gasteiger partial charge in [-0.25, -0.2) is 4.39 Å². The highest BCUT2D eigenvalue weighted by molar-refractivity contribution is 6.34. The van der Waals surface area contributed by atoms with Crippen LogP contribution in [0.3, 0.4) is 0 Å². The van der Waals surface area contributed by atoms with E-state index in [4.69, 9.17) is 23.2 Å². The molecular formula is C23H27Cl2FN2O. The first kappa shape index (κ1) is 22.1. The van der Waals surface area contributed by atoms with E-state index in [1.165, 1.54) is 6.07 Å². The minimum atomic E-state index is -0.781. The lowest BCUT2D eigenvalue weighted by Crippen LogP contribution is -2.53. The minimum absolute atomic E-state index is 0.00694. The summed E-state index contributed by atoms with van der Waals surface area (Å²) in [5, 5.41) is 4.44. The second kappa shape index (κ2) is 8.63. The van der Waals surface area contributed by atoms with Crippen molar-refractivity contribution in [3.63, 3.8) is 0 Å². The summed E-state index contributed by atoms with van der Waals surface area (Å²) >= 11 is 12.3. The maximum absolute atomic E-state index is 13.6. The van der Waals surface area contributed by atoms with Crippen molar-refractivity contribution >= 4 is 29.1 Å². The Bertz CT molecular complexity index is 895. The highest BCUT2D eigenvalue weighted by Gasteiger charge is 2.39. The van der Waals surface area contributed by atoms with E-state index in [-0.39, 0.29) is 23.7 Å². The van der Waals surface area contributed by atoms with Gasteiger partial charge in [0.25, 0.3) is 0 Å². The average molecular weight is 437 g/mol. The third-order valence-corrected chi connectivity index (χ3v) is 6.45. The summed E-state index contributed by atoms with van der Waals surface area (Å²) < 4.78 is 13.6. The fraction of sp³-hybridized carbons (Fsp3) is 0.435. The molecule has 2 aromatic carbocycles. The lowest BCUT2D eigenvalue weighted by atomic mass is 9.80. The van der Waals surface area contributed by atoms with Gasteiger partial charge in [0.1, 0.15) is 5.82 Å². The summed E-state index contributed by atoms with van der Waals surface area (Å²) in [7, 11) is 1.86. The van der Waals surface area contributed by atoms with Gasteiger partial charge in [0.2, 0.25) is 5.91 Å². The molecule has 0 saturated carbocycles. The van der Waals surface area contributed by atoms with Gasteiger partial charge in [-0.3, -0.25) is 4.79 Å². The number of benzene rings is 2. The zero-order chi connectivity index (χ0) is 21.3. The number of nitrogens with zero attached hydrogens (tertiary/aromatic N) is 1. The molecule has 0 aromatic heterocycles. The highest BCUT2D eigenvalue weighted by atomic mass is 35.5. The zero-order valence-electron chi connectivity index (χ0n) is 17.2. The van der Waals surface area contributed by atoms with Gasteiger partial charge in [-0.2, -0.15) is 0 Å². The molecule has 0 aliphatic carbocycles. The lowest BCUT2D eigenvalue weighted by Gasteiger charge is -2.42. The van der Waals surface area contributed by atoms with E-state index in [1.54, 1.807) is 24.3 Å². The van der Waals surface area contributed by atoms with E-state index >= 15 is 0 Å². The van der Waals surface area contributed by atoms with E-state index in [0.29, 0.717) is 10.0 Å². The van der Waals surface area contributed by atoms with Crippen molar-refractivity contribution in [2.24, 2.45) is 0 Å². The molecule has 1 amide bonds. The third-order valence-electron chi connectivity index (χ3n) is 6.01. The summed E-state index contributed by atoms with van der Waals surface area (Å²) in [6.07, 6.45) is 0.829. The van der Waals surface area contributed by atoms with E-state index < -0.39 is 5.41 Å². The zero-order valence-corrected chi connectivity index (χ0v) is 18.7. The molecule has 2 aromatic rings. The number of carbonyl (C=O) groups excluding carboxylic acids is 1. The number of piperidine rings is 1. The Balaban J connectivity index is 1.91. The molecule has 1 saturated heterocycles. The van der Waals surface area contributed by atoms with Crippen molar-refractivity contribution in [1.82, 2.24) is 10.2 Å². The van der Waals surface area contributed by atoms with Gasteiger partial charge in [-0.15, -0.1) is 0 Å². The van der Waals surface area contributed by atoms with Gasteiger partial charge in [-0.1, -0.05) is 29.3 Å². The van der Waals surface area contributed by atoms with E-state index in [9.17, 15) is 9.18 Å². The number of aryl methyl sites for hydroxylation is 1. The van der Waals surface area contributed by atoms with Crippen LogP contribution < -0.4 is 5.32 Å². The van der Waals surface area contributed by atoms with Crippen LogP contribution in [-0.2, 0) is 10.2 Å². The van der Waals surface area contributed by atoms with Gasteiger partial charge in [-0.05, 0) is 80.8 Å². The molecule has 0 radical (unpaired) electrons. The largest absolute Gasteiger partial charge is 0.341 e. The Labute approximate surface area is 182 Å². The topological polar surface area (TPSA) is 32.3 Å². The molecule has 3 rings (SSSR count). The molecule has 156 valence electrons.